The predicted octanol–water partition coefficient (Wildman–Crippen LogP) is 4.38. The van der Waals surface area contributed by atoms with Crippen molar-refractivity contribution in [2.75, 3.05) is 18.4 Å². The van der Waals surface area contributed by atoms with E-state index in [1.165, 1.54) is 6.07 Å². The Kier molecular flexibility index (Phi) is 7.29. The number of hydrogen-bond acceptors (Lipinski definition) is 5. The van der Waals surface area contributed by atoms with E-state index in [-0.39, 0.29) is 12.0 Å². The van der Waals surface area contributed by atoms with Gasteiger partial charge in [-0.3, -0.25) is 14.9 Å². The summed E-state index contributed by atoms with van der Waals surface area (Å²) in [6.45, 7) is 3.49. The lowest BCUT2D eigenvalue weighted by molar-refractivity contribution is 0.246. The molecule has 12 heteroatoms. The van der Waals surface area contributed by atoms with Crippen LogP contribution < -0.4 is 10.6 Å². The number of urea groups is 1. The van der Waals surface area contributed by atoms with Crippen molar-refractivity contribution in [1.29, 1.82) is 0 Å². The number of carbonyl (C=O) groups excluding carboxylic acids is 1. The zero-order valence-electron chi connectivity index (χ0n) is 23.5. The van der Waals surface area contributed by atoms with Crippen LogP contribution in [0.15, 0.2) is 73.3 Å². The third-order valence-electron chi connectivity index (χ3n) is 7.70. The van der Waals surface area contributed by atoms with Crippen molar-refractivity contribution >= 4 is 11.8 Å². The number of amides is 2. The molecule has 1 aliphatic rings. The third-order valence-corrected chi connectivity index (χ3v) is 7.70. The van der Waals surface area contributed by atoms with Gasteiger partial charge in [-0.25, -0.2) is 23.2 Å². The maximum Gasteiger partial charge on any atom is 0.320 e. The van der Waals surface area contributed by atoms with Gasteiger partial charge in [-0.05, 0) is 36.8 Å². The first-order valence-electron chi connectivity index (χ1n) is 13.6. The topological polar surface area (TPSA) is 97.8 Å². The van der Waals surface area contributed by atoms with Gasteiger partial charge in [0.2, 0.25) is 0 Å². The molecule has 42 heavy (non-hydrogen) atoms. The number of imidazole rings is 1. The molecule has 0 bridgehead atoms. The van der Waals surface area contributed by atoms with Crippen LogP contribution in [0.3, 0.4) is 0 Å². The summed E-state index contributed by atoms with van der Waals surface area (Å²) in [5.41, 5.74) is 3.71. The lowest BCUT2D eigenvalue weighted by Crippen LogP contribution is -2.42. The number of benzene rings is 2. The zero-order valence-corrected chi connectivity index (χ0v) is 23.5. The van der Waals surface area contributed by atoms with Crippen molar-refractivity contribution in [1.82, 2.24) is 39.3 Å². The van der Waals surface area contributed by atoms with Crippen LogP contribution in [0.4, 0.5) is 19.4 Å². The fourth-order valence-electron chi connectivity index (χ4n) is 5.52. The molecule has 0 spiro atoms. The van der Waals surface area contributed by atoms with Crippen LogP contribution in [-0.2, 0) is 20.6 Å². The molecule has 2 aromatic carbocycles. The second kappa shape index (κ2) is 11.2. The summed E-state index contributed by atoms with van der Waals surface area (Å²) in [5, 5.41) is 15.2. The normalized spacial score (nSPS) is 17.1. The molecule has 6 rings (SSSR count). The van der Waals surface area contributed by atoms with Gasteiger partial charge in [-0.15, -0.1) is 0 Å². The first-order chi connectivity index (χ1) is 20.3. The average molecular weight is 572 g/mol. The lowest BCUT2D eigenvalue weighted by Gasteiger charge is -2.21. The molecule has 3 aromatic heterocycles. The molecular weight excluding hydrogens is 540 g/mol. The van der Waals surface area contributed by atoms with Crippen LogP contribution in [0, 0.1) is 18.6 Å². The first kappa shape index (κ1) is 27.3. The molecule has 1 fully saturated rings. The molecule has 0 saturated carbocycles. The van der Waals surface area contributed by atoms with Gasteiger partial charge in [0.1, 0.15) is 17.3 Å². The molecule has 2 N–H and O–H groups in total. The number of likely N-dealkylation sites (tertiary alicyclic amines) is 1. The number of para-hydroxylation sites is 1. The van der Waals surface area contributed by atoms with Gasteiger partial charge in [-0.1, -0.05) is 24.3 Å². The molecule has 1 aliphatic heterocycles. The minimum absolute atomic E-state index is 0.266. The smallest absolute Gasteiger partial charge is 0.320 e. The van der Waals surface area contributed by atoms with E-state index >= 15 is 0 Å². The van der Waals surface area contributed by atoms with E-state index < -0.39 is 17.7 Å². The summed E-state index contributed by atoms with van der Waals surface area (Å²) < 4.78 is 33.3. The molecular formula is C30H31F2N9O. The van der Waals surface area contributed by atoms with E-state index in [0.29, 0.717) is 36.7 Å². The Morgan fingerprint density at radius 1 is 1.07 bits per heavy atom. The fraction of sp³-hybridized carbons (Fsp3) is 0.267. The van der Waals surface area contributed by atoms with Gasteiger partial charge in [-0.2, -0.15) is 10.2 Å². The van der Waals surface area contributed by atoms with Crippen LogP contribution >= 0.6 is 0 Å². The first-order valence-corrected chi connectivity index (χ1v) is 13.6. The van der Waals surface area contributed by atoms with Gasteiger partial charge in [0.25, 0.3) is 0 Å². The van der Waals surface area contributed by atoms with Crippen molar-refractivity contribution in [3.05, 3.63) is 102 Å². The number of nitrogens with zero attached hydrogens (tertiary/aromatic N) is 7. The Bertz CT molecular complexity index is 1730. The molecule has 216 valence electrons. The second-order valence-electron chi connectivity index (χ2n) is 10.6. The highest BCUT2D eigenvalue weighted by molar-refractivity contribution is 5.91. The highest BCUT2D eigenvalue weighted by Crippen LogP contribution is 2.32. The van der Waals surface area contributed by atoms with E-state index in [1.54, 1.807) is 27.8 Å². The van der Waals surface area contributed by atoms with Crippen LogP contribution in [0.5, 0.6) is 0 Å². The highest BCUT2D eigenvalue weighted by Gasteiger charge is 2.36. The molecule has 0 unspecified atom stereocenters. The summed E-state index contributed by atoms with van der Waals surface area (Å²) in [6.07, 6.45) is 7.21. The average Bonchev–Trinajstić information content (AvgIpc) is 3.75. The van der Waals surface area contributed by atoms with Gasteiger partial charge >= 0.3 is 6.03 Å². The lowest BCUT2D eigenvalue weighted by atomic mass is 9.94. The number of hydrogen-bond donors (Lipinski definition) is 2. The van der Waals surface area contributed by atoms with Gasteiger partial charge in [0, 0.05) is 62.8 Å². The van der Waals surface area contributed by atoms with Crippen molar-refractivity contribution < 1.29 is 13.6 Å². The third kappa shape index (κ3) is 5.40. The summed E-state index contributed by atoms with van der Waals surface area (Å²) in [5.74, 6) is -0.696. The highest BCUT2D eigenvalue weighted by atomic mass is 19.2. The Morgan fingerprint density at radius 2 is 1.88 bits per heavy atom. The quantitative estimate of drug-likeness (QED) is 0.302. The maximum absolute atomic E-state index is 14.2. The van der Waals surface area contributed by atoms with Crippen LogP contribution in [0.1, 0.15) is 22.9 Å². The van der Waals surface area contributed by atoms with E-state index in [4.69, 9.17) is 5.10 Å². The molecule has 10 nitrogen and oxygen atoms in total. The summed E-state index contributed by atoms with van der Waals surface area (Å²) in [4.78, 5) is 20.2. The van der Waals surface area contributed by atoms with Crippen molar-refractivity contribution in [2.24, 2.45) is 14.1 Å². The molecule has 0 radical (unpaired) electrons. The van der Waals surface area contributed by atoms with Gasteiger partial charge in [0.15, 0.2) is 11.6 Å². The molecule has 1 saturated heterocycles. The Balaban J connectivity index is 1.28. The van der Waals surface area contributed by atoms with Crippen LogP contribution in [0.25, 0.3) is 16.9 Å². The Hall–Kier alpha value is -4.84. The molecule has 0 aliphatic carbocycles. The van der Waals surface area contributed by atoms with Crippen LogP contribution in [-0.4, -0.2) is 59.2 Å². The Morgan fingerprint density at radius 3 is 2.57 bits per heavy atom. The SMILES string of the molecule is Cc1c(-c2cnn(C)c2)nn(-c2ccccc2)c1NC(=O)N[C@@H]1CN(Cc2nccn2C)C[C@H]1c1ccc(F)c(F)c1. The second-order valence-corrected chi connectivity index (χ2v) is 10.6. The van der Waals surface area contributed by atoms with E-state index in [9.17, 15) is 13.6 Å². The number of halogens is 2. The van der Waals surface area contributed by atoms with E-state index in [1.807, 2.05) is 68.3 Å². The van der Waals surface area contributed by atoms with Crippen LogP contribution in [0.2, 0.25) is 0 Å². The number of nitrogens with one attached hydrogen (secondary N) is 2. The molecule has 2 atom stereocenters. The van der Waals surface area contributed by atoms with E-state index in [0.717, 1.165) is 28.7 Å². The Labute approximate surface area is 241 Å². The standard InChI is InChI=1S/C30H31F2N9O/c1-19-28(21-14-34-39(3)15-21)37-41(22-7-5-4-6-8-22)29(19)36-30(42)35-26-17-40(18-27-33-11-12-38(27)2)16-23(26)20-9-10-24(31)25(32)13-20/h4-15,23,26H,16-18H2,1-3H3,(H2,35,36,42)/t23-,26+/m0/s1. The molecule has 2 amide bonds. The maximum atomic E-state index is 14.2. The molecule has 5 aromatic rings. The van der Waals surface area contributed by atoms with Gasteiger partial charge in [0.05, 0.1) is 24.5 Å². The fourth-order valence-corrected chi connectivity index (χ4v) is 5.52. The minimum Gasteiger partial charge on any atom is -0.337 e. The van der Waals surface area contributed by atoms with Crippen molar-refractivity contribution in [3.8, 4) is 16.9 Å². The number of aryl methyl sites for hydroxylation is 2. The number of anilines is 1. The summed E-state index contributed by atoms with van der Waals surface area (Å²) in [7, 11) is 3.76. The van der Waals surface area contributed by atoms with E-state index in [2.05, 4.69) is 25.6 Å². The van der Waals surface area contributed by atoms with Gasteiger partial charge < -0.3 is 9.88 Å². The largest absolute Gasteiger partial charge is 0.337 e. The number of carbonyl (C=O) groups is 1. The summed E-state index contributed by atoms with van der Waals surface area (Å²) in [6, 6.07) is 12.7. The number of aromatic nitrogens is 6. The molecule has 4 heterocycles. The van der Waals surface area contributed by atoms with Crippen molar-refractivity contribution in [2.45, 2.75) is 25.4 Å². The monoisotopic (exact) mass is 571 g/mol. The van der Waals surface area contributed by atoms with Crippen molar-refractivity contribution in [3.63, 3.8) is 0 Å². The predicted molar refractivity (Wildman–Crippen MR) is 154 cm³/mol. The summed E-state index contributed by atoms with van der Waals surface area (Å²) >= 11 is 0. The minimum atomic E-state index is -0.913. The number of rotatable bonds is 7. The zero-order chi connectivity index (χ0) is 29.4.